The van der Waals surface area contributed by atoms with Crippen molar-refractivity contribution in [2.24, 2.45) is 0 Å². The Morgan fingerprint density at radius 2 is 1.90 bits per heavy atom. The second-order valence-corrected chi connectivity index (χ2v) is 11.2. The maximum absolute atomic E-state index is 13.9. The molecule has 40 heavy (non-hydrogen) atoms. The first kappa shape index (κ1) is 27.1. The molecule has 1 N–H and O–H groups in total. The van der Waals surface area contributed by atoms with Gasteiger partial charge in [0.25, 0.3) is 0 Å². The predicted molar refractivity (Wildman–Crippen MR) is 148 cm³/mol. The quantitative estimate of drug-likeness (QED) is 0.327. The van der Waals surface area contributed by atoms with Gasteiger partial charge in [-0.2, -0.15) is 4.80 Å². The van der Waals surface area contributed by atoms with Crippen LogP contribution in [0.2, 0.25) is 0 Å². The summed E-state index contributed by atoms with van der Waals surface area (Å²) < 4.78 is 16.2. The van der Waals surface area contributed by atoms with E-state index in [1.165, 1.54) is 16.1 Å². The molecule has 1 atom stereocenters. The lowest BCUT2D eigenvalue weighted by atomic mass is 10.1. The molecule has 5 rings (SSSR count). The first-order chi connectivity index (χ1) is 19.2. The van der Waals surface area contributed by atoms with Gasteiger partial charge in [-0.1, -0.05) is 12.1 Å². The van der Waals surface area contributed by atoms with Gasteiger partial charge in [0.05, 0.1) is 7.11 Å². The molecule has 3 heterocycles. The van der Waals surface area contributed by atoms with Crippen molar-refractivity contribution in [2.45, 2.75) is 45.4 Å². The number of tetrazole rings is 1. The number of thiophene rings is 1. The van der Waals surface area contributed by atoms with Crippen LogP contribution in [0.25, 0.3) is 11.4 Å². The number of fused-ring (bicyclic) bond motifs is 1. The monoisotopic (exact) mass is 562 g/mol. The molecule has 208 valence electrons. The first-order valence-corrected chi connectivity index (χ1v) is 13.5. The van der Waals surface area contributed by atoms with Gasteiger partial charge in [-0.3, -0.25) is 9.59 Å². The second kappa shape index (κ2) is 11.3. The molecule has 4 aromatic rings. The summed E-state index contributed by atoms with van der Waals surface area (Å²) in [7, 11) is 1.59. The molecule has 2 aromatic heterocycles. The molecule has 11 nitrogen and oxygen atoms in total. The highest BCUT2D eigenvalue weighted by atomic mass is 32.1. The van der Waals surface area contributed by atoms with Gasteiger partial charge in [0, 0.05) is 22.5 Å². The van der Waals surface area contributed by atoms with Gasteiger partial charge < -0.3 is 24.4 Å². The smallest absolute Gasteiger partial charge is 0.248 e. The van der Waals surface area contributed by atoms with Gasteiger partial charge in [0.2, 0.25) is 24.4 Å². The molecule has 0 fully saturated rings. The van der Waals surface area contributed by atoms with Crippen molar-refractivity contribution in [3.8, 4) is 28.6 Å². The van der Waals surface area contributed by atoms with Crippen LogP contribution in [0.3, 0.4) is 0 Å². The standard InChI is InChI=1S/C28H30N6O5S/c1-28(2,3)29-27(36)25(23-6-5-13-40-23)33(15-18-7-12-21-22(14-18)39-17-38-21)24(35)16-34-31-26(30-32-34)19-8-10-20(37-4)11-9-19/h5-14,25H,15-17H2,1-4H3,(H,29,36)/t25-/m1/s1. The number of hydrogen-bond acceptors (Lipinski definition) is 9. The molecule has 0 saturated carbocycles. The summed E-state index contributed by atoms with van der Waals surface area (Å²) >= 11 is 1.41. The Balaban J connectivity index is 1.45. The lowest BCUT2D eigenvalue weighted by Gasteiger charge is -2.33. The fourth-order valence-corrected chi connectivity index (χ4v) is 5.08. The molecule has 0 aliphatic carbocycles. The van der Waals surface area contributed by atoms with Crippen molar-refractivity contribution in [1.82, 2.24) is 30.4 Å². The van der Waals surface area contributed by atoms with Gasteiger partial charge in [-0.15, -0.1) is 21.5 Å². The van der Waals surface area contributed by atoms with Gasteiger partial charge in [0.1, 0.15) is 18.3 Å². The van der Waals surface area contributed by atoms with E-state index in [9.17, 15) is 9.59 Å². The molecular formula is C28H30N6O5S. The number of rotatable bonds is 9. The zero-order valence-corrected chi connectivity index (χ0v) is 23.5. The number of carbonyl (C=O) groups excluding carboxylic acids is 2. The normalized spacial score (nSPS) is 13.1. The van der Waals surface area contributed by atoms with E-state index >= 15 is 0 Å². The van der Waals surface area contributed by atoms with Crippen molar-refractivity contribution >= 4 is 23.2 Å². The van der Waals surface area contributed by atoms with E-state index in [2.05, 4.69) is 20.7 Å². The van der Waals surface area contributed by atoms with E-state index < -0.39 is 11.6 Å². The van der Waals surface area contributed by atoms with Crippen molar-refractivity contribution in [3.63, 3.8) is 0 Å². The number of ether oxygens (including phenoxy) is 3. The number of hydrogen-bond donors (Lipinski definition) is 1. The van der Waals surface area contributed by atoms with Gasteiger partial charge in [-0.05, 0) is 79.4 Å². The Morgan fingerprint density at radius 1 is 1.12 bits per heavy atom. The second-order valence-electron chi connectivity index (χ2n) is 10.2. The zero-order valence-electron chi connectivity index (χ0n) is 22.7. The number of nitrogens with zero attached hydrogens (tertiary/aromatic N) is 5. The third-order valence-electron chi connectivity index (χ3n) is 6.06. The Labute approximate surface area is 235 Å². The molecule has 2 amide bonds. The Kier molecular flexibility index (Phi) is 7.69. The minimum atomic E-state index is -0.873. The Hall–Kier alpha value is -4.45. The highest BCUT2D eigenvalue weighted by molar-refractivity contribution is 7.10. The zero-order chi connectivity index (χ0) is 28.3. The molecule has 0 spiro atoms. The summed E-state index contributed by atoms with van der Waals surface area (Å²) in [5.41, 5.74) is 1.02. The molecular weight excluding hydrogens is 532 g/mol. The van der Waals surface area contributed by atoms with Gasteiger partial charge >= 0.3 is 0 Å². The maximum Gasteiger partial charge on any atom is 0.248 e. The van der Waals surface area contributed by atoms with Crippen LogP contribution < -0.4 is 19.5 Å². The van der Waals surface area contributed by atoms with Crippen LogP contribution in [0.5, 0.6) is 17.2 Å². The summed E-state index contributed by atoms with van der Waals surface area (Å²) in [6.45, 7) is 5.79. The summed E-state index contributed by atoms with van der Waals surface area (Å²) in [5, 5.41) is 17.6. The number of benzene rings is 2. The van der Waals surface area contributed by atoms with Crippen molar-refractivity contribution in [3.05, 3.63) is 70.4 Å². The third kappa shape index (κ3) is 6.23. The van der Waals surface area contributed by atoms with Gasteiger partial charge in [0.15, 0.2) is 11.5 Å². The minimum absolute atomic E-state index is 0.141. The van der Waals surface area contributed by atoms with E-state index in [4.69, 9.17) is 14.2 Å². The molecule has 1 aliphatic rings. The molecule has 0 unspecified atom stereocenters. The van der Waals surface area contributed by atoms with Crippen molar-refractivity contribution < 1.29 is 23.8 Å². The summed E-state index contributed by atoms with van der Waals surface area (Å²) in [5.74, 6) is 1.68. The van der Waals surface area contributed by atoms with E-state index in [1.54, 1.807) is 30.2 Å². The summed E-state index contributed by atoms with van der Waals surface area (Å²) in [4.78, 5) is 31.1. The third-order valence-corrected chi connectivity index (χ3v) is 6.98. The van der Waals surface area contributed by atoms with E-state index in [-0.39, 0.29) is 31.7 Å². The molecule has 0 radical (unpaired) electrons. The molecule has 1 aliphatic heterocycles. The molecule has 2 aromatic carbocycles. The number of methoxy groups -OCH3 is 1. The highest BCUT2D eigenvalue weighted by Crippen LogP contribution is 2.34. The number of amides is 2. The van der Waals surface area contributed by atoms with Crippen LogP contribution in [0.15, 0.2) is 60.0 Å². The molecule has 0 saturated heterocycles. The van der Waals surface area contributed by atoms with E-state index in [0.29, 0.717) is 23.1 Å². The van der Waals surface area contributed by atoms with Gasteiger partial charge in [-0.25, -0.2) is 0 Å². The number of aromatic nitrogens is 4. The maximum atomic E-state index is 13.9. The van der Waals surface area contributed by atoms with E-state index in [1.807, 2.05) is 62.5 Å². The average Bonchev–Trinajstić information content (AvgIpc) is 3.69. The van der Waals surface area contributed by atoms with Crippen LogP contribution in [0.4, 0.5) is 0 Å². The molecule has 12 heteroatoms. The average molecular weight is 563 g/mol. The highest BCUT2D eigenvalue weighted by Gasteiger charge is 2.34. The lowest BCUT2D eigenvalue weighted by molar-refractivity contribution is -0.143. The lowest BCUT2D eigenvalue weighted by Crippen LogP contribution is -2.49. The Bertz CT molecular complexity index is 1480. The van der Waals surface area contributed by atoms with Crippen LogP contribution in [-0.2, 0) is 22.7 Å². The first-order valence-electron chi connectivity index (χ1n) is 12.7. The van der Waals surface area contributed by atoms with Crippen LogP contribution in [-0.4, -0.2) is 56.4 Å². The minimum Gasteiger partial charge on any atom is -0.497 e. The summed E-state index contributed by atoms with van der Waals surface area (Å²) in [6.07, 6.45) is 0. The van der Waals surface area contributed by atoms with Crippen LogP contribution >= 0.6 is 11.3 Å². The van der Waals surface area contributed by atoms with E-state index in [0.717, 1.165) is 16.0 Å². The van der Waals surface area contributed by atoms with Crippen molar-refractivity contribution in [1.29, 1.82) is 0 Å². The van der Waals surface area contributed by atoms with Crippen molar-refractivity contribution in [2.75, 3.05) is 13.9 Å². The topological polar surface area (TPSA) is 121 Å². The van der Waals surface area contributed by atoms with Crippen LogP contribution in [0, 0.1) is 0 Å². The fourth-order valence-electron chi connectivity index (χ4n) is 4.25. The largest absolute Gasteiger partial charge is 0.497 e. The number of carbonyl (C=O) groups is 2. The summed E-state index contributed by atoms with van der Waals surface area (Å²) in [6, 6.07) is 15.6. The SMILES string of the molecule is COc1ccc(-c2nnn(CC(=O)N(Cc3ccc4c(c3)OCO4)[C@@H](C(=O)NC(C)(C)C)c3cccs3)n2)cc1. The predicted octanol–water partition coefficient (Wildman–Crippen LogP) is 3.82. The number of nitrogens with one attached hydrogen (secondary N) is 1. The fraction of sp³-hybridized carbons (Fsp3) is 0.321. The Morgan fingerprint density at radius 3 is 2.60 bits per heavy atom. The van der Waals surface area contributed by atoms with Crippen LogP contribution in [0.1, 0.15) is 37.3 Å². The molecule has 0 bridgehead atoms.